The molecular weight excluding hydrogens is 234 g/mol. The SMILES string of the molecule is Cn1ccn(Cc2nc(C(C)(C)C)cs2)c1=O. The van der Waals surface area contributed by atoms with E-state index in [9.17, 15) is 4.79 Å². The maximum Gasteiger partial charge on any atom is 0.328 e. The Morgan fingerprint density at radius 2 is 2.06 bits per heavy atom. The largest absolute Gasteiger partial charge is 0.328 e. The van der Waals surface area contributed by atoms with Gasteiger partial charge in [-0.1, -0.05) is 20.8 Å². The third-order valence-electron chi connectivity index (χ3n) is 2.64. The van der Waals surface area contributed by atoms with Gasteiger partial charge in [-0.2, -0.15) is 0 Å². The molecule has 92 valence electrons. The van der Waals surface area contributed by atoms with Crippen LogP contribution in [0.3, 0.4) is 0 Å². The number of aromatic nitrogens is 3. The second-order valence-corrected chi connectivity index (χ2v) is 6.14. The molecule has 0 aromatic carbocycles. The molecule has 0 bridgehead atoms. The number of imidazole rings is 1. The van der Waals surface area contributed by atoms with Crippen LogP contribution in [0.4, 0.5) is 0 Å². The van der Waals surface area contributed by atoms with Crippen LogP contribution < -0.4 is 5.69 Å². The Morgan fingerprint density at radius 3 is 2.53 bits per heavy atom. The number of nitrogens with zero attached hydrogens (tertiary/aromatic N) is 3. The zero-order chi connectivity index (χ0) is 12.6. The average Bonchev–Trinajstić information content (AvgIpc) is 2.80. The summed E-state index contributed by atoms with van der Waals surface area (Å²) >= 11 is 1.61. The third-order valence-corrected chi connectivity index (χ3v) is 3.48. The standard InChI is InChI=1S/C12H17N3OS/c1-12(2,3)9-8-17-10(13-9)7-15-6-5-14(4)11(15)16/h5-6,8H,7H2,1-4H3. The number of rotatable bonds is 2. The van der Waals surface area contributed by atoms with Gasteiger partial charge in [-0.15, -0.1) is 11.3 Å². The Morgan fingerprint density at radius 1 is 1.35 bits per heavy atom. The molecular formula is C12H17N3OS. The highest BCUT2D eigenvalue weighted by Gasteiger charge is 2.17. The van der Waals surface area contributed by atoms with E-state index < -0.39 is 0 Å². The van der Waals surface area contributed by atoms with Crippen molar-refractivity contribution in [3.63, 3.8) is 0 Å². The van der Waals surface area contributed by atoms with Crippen LogP contribution in [0, 0.1) is 0 Å². The first kappa shape index (κ1) is 12.1. The van der Waals surface area contributed by atoms with Crippen molar-refractivity contribution in [3.05, 3.63) is 39.0 Å². The topological polar surface area (TPSA) is 39.8 Å². The van der Waals surface area contributed by atoms with E-state index in [-0.39, 0.29) is 11.1 Å². The van der Waals surface area contributed by atoms with Gasteiger partial charge in [0.25, 0.3) is 0 Å². The van der Waals surface area contributed by atoms with Crippen molar-refractivity contribution in [2.24, 2.45) is 7.05 Å². The number of hydrogen-bond acceptors (Lipinski definition) is 3. The number of aryl methyl sites for hydroxylation is 1. The zero-order valence-corrected chi connectivity index (χ0v) is 11.4. The van der Waals surface area contributed by atoms with Gasteiger partial charge in [0.1, 0.15) is 5.01 Å². The fourth-order valence-corrected chi connectivity index (χ4v) is 2.52. The highest BCUT2D eigenvalue weighted by molar-refractivity contribution is 7.09. The maximum absolute atomic E-state index is 11.7. The molecule has 0 unspecified atom stereocenters. The van der Waals surface area contributed by atoms with Gasteiger partial charge in [0.05, 0.1) is 12.2 Å². The fraction of sp³-hybridized carbons (Fsp3) is 0.500. The summed E-state index contributed by atoms with van der Waals surface area (Å²) in [4.78, 5) is 16.3. The first-order valence-corrected chi connectivity index (χ1v) is 6.42. The van der Waals surface area contributed by atoms with E-state index >= 15 is 0 Å². The van der Waals surface area contributed by atoms with Crippen molar-refractivity contribution in [1.29, 1.82) is 0 Å². The predicted octanol–water partition coefficient (Wildman–Crippen LogP) is 1.99. The molecule has 0 amide bonds. The predicted molar refractivity (Wildman–Crippen MR) is 69.6 cm³/mol. The first-order chi connectivity index (χ1) is 7.88. The summed E-state index contributed by atoms with van der Waals surface area (Å²) in [5.41, 5.74) is 1.15. The summed E-state index contributed by atoms with van der Waals surface area (Å²) < 4.78 is 3.24. The van der Waals surface area contributed by atoms with Gasteiger partial charge in [0.2, 0.25) is 0 Å². The summed E-state index contributed by atoms with van der Waals surface area (Å²) in [6, 6.07) is 0. The third kappa shape index (κ3) is 2.49. The molecule has 17 heavy (non-hydrogen) atoms. The van der Waals surface area contributed by atoms with Crippen LogP contribution in [0.15, 0.2) is 22.6 Å². The normalized spacial score (nSPS) is 12.0. The molecule has 0 saturated heterocycles. The molecule has 0 radical (unpaired) electrons. The van der Waals surface area contributed by atoms with E-state index in [1.807, 2.05) is 0 Å². The van der Waals surface area contributed by atoms with E-state index in [0.717, 1.165) is 10.7 Å². The van der Waals surface area contributed by atoms with Crippen LogP contribution in [0.2, 0.25) is 0 Å². The molecule has 0 fully saturated rings. The van der Waals surface area contributed by atoms with Crippen molar-refractivity contribution >= 4 is 11.3 Å². The van der Waals surface area contributed by atoms with Crippen LogP contribution in [-0.4, -0.2) is 14.1 Å². The molecule has 0 aliphatic heterocycles. The number of thiazole rings is 1. The first-order valence-electron chi connectivity index (χ1n) is 5.54. The Balaban J connectivity index is 2.23. The monoisotopic (exact) mass is 251 g/mol. The van der Waals surface area contributed by atoms with Gasteiger partial charge in [-0.05, 0) is 0 Å². The highest BCUT2D eigenvalue weighted by atomic mass is 32.1. The van der Waals surface area contributed by atoms with E-state index in [1.54, 1.807) is 39.9 Å². The van der Waals surface area contributed by atoms with Gasteiger partial charge in [0, 0.05) is 30.2 Å². The van der Waals surface area contributed by atoms with Crippen molar-refractivity contribution in [3.8, 4) is 0 Å². The van der Waals surface area contributed by atoms with E-state index in [2.05, 4.69) is 31.1 Å². The molecule has 2 aromatic heterocycles. The van der Waals surface area contributed by atoms with Crippen LogP contribution in [0.5, 0.6) is 0 Å². The van der Waals surface area contributed by atoms with Gasteiger partial charge in [0.15, 0.2) is 0 Å². The molecule has 0 aliphatic carbocycles. The van der Waals surface area contributed by atoms with E-state index in [1.165, 1.54) is 0 Å². The van der Waals surface area contributed by atoms with Crippen LogP contribution >= 0.6 is 11.3 Å². The second-order valence-electron chi connectivity index (χ2n) is 5.20. The molecule has 0 atom stereocenters. The van der Waals surface area contributed by atoms with E-state index in [4.69, 9.17) is 0 Å². The summed E-state index contributed by atoms with van der Waals surface area (Å²) in [7, 11) is 1.75. The lowest BCUT2D eigenvalue weighted by Gasteiger charge is -2.14. The molecule has 4 nitrogen and oxygen atoms in total. The zero-order valence-electron chi connectivity index (χ0n) is 10.6. The lowest BCUT2D eigenvalue weighted by atomic mass is 9.93. The van der Waals surface area contributed by atoms with Crippen LogP contribution in [-0.2, 0) is 19.0 Å². The summed E-state index contributed by atoms with van der Waals surface area (Å²) in [6.07, 6.45) is 3.56. The summed E-state index contributed by atoms with van der Waals surface area (Å²) in [6.45, 7) is 6.97. The minimum Gasteiger partial charge on any atom is -0.302 e. The molecule has 0 spiro atoms. The molecule has 5 heteroatoms. The lowest BCUT2D eigenvalue weighted by molar-refractivity contribution is 0.569. The smallest absolute Gasteiger partial charge is 0.302 e. The van der Waals surface area contributed by atoms with Crippen molar-refractivity contribution in [2.45, 2.75) is 32.7 Å². The van der Waals surface area contributed by atoms with Gasteiger partial charge >= 0.3 is 5.69 Å². The fourth-order valence-electron chi connectivity index (χ4n) is 1.50. The Labute approximate surface area is 105 Å². The van der Waals surface area contributed by atoms with Crippen molar-refractivity contribution in [2.75, 3.05) is 0 Å². The maximum atomic E-state index is 11.7. The molecule has 2 rings (SSSR count). The average molecular weight is 251 g/mol. The molecule has 2 aromatic rings. The Kier molecular flexibility index (Phi) is 2.95. The highest BCUT2D eigenvalue weighted by Crippen LogP contribution is 2.23. The van der Waals surface area contributed by atoms with Crippen molar-refractivity contribution in [1.82, 2.24) is 14.1 Å². The quantitative estimate of drug-likeness (QED) is 0.819. The van der Waals surface area contributed by atoms with Crippen molar-refractivity contribution < 1.29 is 0 Å². The lowest BCUT2D eigenvalue weighted by Crippen LogP contribution is -2.22. The summed E-state index contributed by atoms with van der Waals surface area (Å²) in [5.74, 6) is 0. The van der Waals surface area contributed by atoms with Crippen LogP contribution in [0.25, 0.3) is 0 Å². The molecule has 0 N–H and O–H groups in total. The molecule has 0 saturated carbocycles. The van der Waals surface area contributed by atoms with Gasteiger partial charge in [-0.3, -0.25) is 4.57 Å². The van der Waals surface area contributed by atoms with Gasteiger partial charge in [-0.25, -0.2) is 9.78 Å². The second kappa shape index (κ2) is 4.14. The molecule has 2 heterocycles. The Hall–Kier alpha value is -1.36. The Bertz CT molecular complexity index is 571. The molecule has 0 aliphatic rings. The minimum atomic E-state index is -0.00231. The van der Waals surface area contributed by atoms with Gasteiger partial charge < -0.3 is 4.57 Å². The summed E-state index contributed by atoms with van der Waals surface area (Å²) in [5, 5.41) is 3.05. The van der Waals surface area contributed by atoms with E-state index in [0.29, 0.717) is 6.54 Å². The number of hydrogen-bond donors (Lipinski definition) is 0. The minimum absolute atomic E-state index is 0.00231. The van der Waals surface area contributed by atoms with Crippen LogP contribution in [0.1, 0.15) is 31.5 Å².